The van der Waals surface area contributed by atoms with Crippen LogP contribution in [0.2, 0.25) is 0 Å². The molecular weight excluding hydrogens is 336 g/mol. The lowest BCUT2D eigenvalue weighted by Crippen LogP contribution is -2.44. The van der Waals surface area contributed by atoms with E-state index in [0.717, 1.165) is 22.4 Å². The van der Waals surface area contributed by atoms with Gasteiger partial charge < -0.3 is 15.3 Å². The molecule has 0 bridgehead atoms. The Balaban J connectivity index is 1.83. The fraction of sp³-hybridized carbons (Fsp3) is 0.174. The zero-order valence-electron chi connectivity index (χ0n) is 15.6. The Kier molecular flexibility index (Phi) is 5.57. The first-order valence-corrected chi connectivity index (χ1v) is 8.91. The lowest BCUT2D eigenvalue weighted by molar-refractivity contribution is 0.0547. The van der Waals surface area contributed by atoms with Crippen molar-refractivity contribution in [2.45, 2.75) is 12.5 Å². The molecule has 4 nitrogen and oxygen atoms in total. The summed E-state index contributed by atoms with van der Waals surface area (Å²) in [6.45, 7) is 2.12. The molecule has 0 fully saturated rings. The number of nitrogens with one attached hydrogen (secondary N) is 1. The van der Waals surface area contributed by atoms with Crippen LogP contribution in [0.4, 0.5) is 10.5 Å². The van der Waals surface area contributed by atoms with E-state index in [0.29, 0.717) is 0 Å². The van der Waals surface area contributed by atoms with Gasteiger partial charge in [0.2, 0.25) is 0 Å². The zero-order chi connectivity index (χ0) is 19.3. The molecule has 3 aromatic rings. The summed E-state index contributed by atoms with van der Waals surface area (Å²) in [5, 5.41) is 14.4. The van der Waals surface area contributed by atoms with Gasteiger partial charge in [-0.15, -0.1) is 0 Å². The number of aliphatic hydroxyl groups is 1. The second-order valence-electron chi connectivity index (χ2n) is 6.74. The molecule has 0 spiro atoms. The lowest BCUT2D eigenvalue weighted by Gasteiger charge is -2.33. The third-order valence-corrected chi connectivity index (χ3v) is 4.62. The maximum Gasteiger partial charge on any atom is 0.321 e. The number of hydrogen-bond donors (Lipinski definition) is 2. The zero-order valence-corrected chi connectivity index (χ0v) is 15.6. The molecule has 0 aliphatic rings. The fourth-order valence-electron chi connectivity index (χ4n) is 3.05. The molecule has 0 aliphatic carbocycles. The standard InChI is InChI=1S/C23H24N2O2/c1-18-13-15-21(16-14-18)24-22(26)25(2)17-23(27,19-9-5-3-6-10-19)20-11-7-4-8-12-20/h3-16,27H,17H2,1-2H3,(H,24,26). The number of hydrogen-bond acceptors (Lipinski definition) is 2. The number of amides is 2. The molecule has 0 atom stereocenters. The van der Waals surface area contributed by atoms with E-state index >= 15 is 0 Å². The van der Waals surface area contributed by atoms with Gasteiger partial charge in [0.15, 0.2) is 0 Å². The highest BCUT2D eigenvalue weighted by Crippen LogP contribution is 2.30. The predicted molar refractivity (Wildman–Crippen MR) is 109 cm³/mol. The largest absolute Gasteiger partial charge is 0.379 e. The van der Waals surface area contributed by atoms with Crippen LogP contribution in [0, 0.1) is 6.92 Å². The molecule has 0 saturated heterocycles. The maximum absolute atomic E-state index is 12.6. The number of carbonyl (C=O) groups excluding carboxylic acids is 1. The fourth-order valence-corrected chi connectivity index (χ4v) is 3.05. The molecule has 0 aromatic heterocycles. The van der Waals surface area contributed by atoms with Crippen LogP contribution in [-0.2, 0) is 5.60 Å². The number of aryl methyl sites for hydroxylation is 1. The summed E-state index contributed by atoms with van der Waals surface area (Å²) in [7, 11) is 1.68. The van der Waals surface area contributed by atoms with Crippen molar-refractivity contribution in [2.75, 3.05) is 18.9 Å². The molecule has 3 rings (SSSR count). The first kappa shape index (κ1) is 18.7. The molecule has 0 saturated carbocycles. The smallest absolute Gasteiger partial charge is 0.321 e. The summed E-state index contributed by atoms with van der Waals surface area (Å²) in [6, 6.07) is 26.2. The highest BCUT2D eigenvalue weighted by Gasteiger charge is 2.34. The van der Waals surface area contributed by atoms with Crippen molar-refractivity contribution in [3.8, 4) is 0 Å². The first-order valence-electron chi connectivity index (χ1n) is 8.91. The number of benzene rings is 3. The number of carbonyl (C=O) groups is 1. The number of nitrogens with zero attached hydrogens (tertiary/aromatic N) is 1. The summed E-state index contributed by atoms with van der Waals surface area (Å²) < 4.78 is 0. The van der Waals surface area contributed by atoms with E-state index in [9.17, 15) is 9.90 Å². The van der Waals surface area contributed by atoms with E-state index in [2.05, 4.69) is 5.32 Å². The summed E-state index contributed by atoms with van der Waals surface area (Å²) in [6.07, 6.45) is 0. The minimum absolute atomic E-state index is 0.124. The van der Waals surface area contributed by atoms with Crippen LogP contribution in [-0.4, -0.2) is 29.6 Å². The Hall–Kier alpha value is -3.11. The minimum Gasteiger partial charge on any atom is -0.379 e. The molecule has 3 aromatic carbocycles. The van der Waals surface area contributed by atoms with E-state index in [1.165, 1.54) is 4.90 Å². The van der Waals surface area contributed by atoms with Gasteiger partial charge in [0.05, 0.1) is 6.54 Å². The number of likely N-dealkylation sites (N-methyl/N-ethyl adjacent to an activating group) is 1. The van der Waals surface area contributed by atoms with Crippen LogP contribution in [0.5, 0.6) is 0 Å². The Morgan fingerprint density at radius 3 is 1.85 bits per heavy atom. The molecule has 0 unspecified atom stereocenters. The van der Waals surface area contributed by atoms with Gasteiger partial charge in [0.1, 0.15) is 5.60 Å². The van der Waals surface area contributed by atoms with Gasteiger partial charge in [0.25, 0.3) is 0 Å². The van der Waals surface area contributed by atoms with Gasteiger partial charge in [-0.3, -0.25) is 0 Å². The van der Waals surface area contributed by atoms with Crippen LogP contribution in [0.1, 0.15) is 16.7 Å². The average molecular weight is 360 g/mol. The van der Waals surface area contributed by atoms with Crippen molar-refractivity contribution in [1.82, 2.24) is 4.90 Å². The molecule has 0 aliphatic heterocycles. The van der Waals surface area contributed by atoms with Gasteiger partial charge in [0, 0.05) is 12.7 Å². The average Bonchev–Trinajstić information content (AvgIpc) is 2.71. The number of rotatable bonds is 5. The van der Waals surface area contributed by atoms with E-state index in [1.807, 2.05) is 91.9 Å². The van der Waals surface area contributed by atoms with E-state index in [-0.39, 0.29) is 12.6 Å². The summed E-state index contributed by atoms with van der Waals surface area (Å²) >= 11 is 0. The van der Waals surface area contributed by atoms with Crippen molar-refractivity contribution in [2.24, 2.45) is 0 Å². The van der Waals surface area contributed by atoms with Crippen LogP contribution >= 0.6 is 0 Å². The number of urea groups is 1. The molecular formula is C23H24N2O2. The molecule has 4 heteroatoms. The van der Waals surface area contributed by atoms with Gasteiger partial charge >= 0.3 is 6.03 Å². The monoisotopic (exact) mass is 360 g/mol. The van der Waals surface area contributed by atoms with Crippen molar-refractivity contribution in [3.05, 3.63) is 102 Å². The molecule has 2 N–H and O–H groups in total. The van der Waals surface area contributed by atoms with Crippen LogP contribution in [0.25, 0.3) is 0 Å². The van der Waals surface area contributed by atoms with Gasteiger partial charge in [-0.2, -0.15) is 0 Å². The molecule has 138 valence electrons. The van der Waals surface area contributed by atoms with Crippen LogP contribution in [0.3, 0.4) is 0 Å². The van der Waals surface area contributed by atoms with Gasteiger partial charge in [-0.05, 0) is 30.2 Å². The van der Waals surface area contributed by atoms with Gasteiger partial charge in [-0.1, -0.05) is 78.4 Å². The Labute approximate surface area is 160 Å². The maximum atomic E-state index is 12.6. The van der Waals surface area contributed by atoms with E-state index < -0.39 is 5.60 Å². The summed E-state index contributed by atoms with van der Waals surface area (Å²) in [5.41, 5.74) is 2.03. The van der Waals surface area contributed by atoms with E-state index in [4.69, 9.17) is 0 Å². The normalized spacial score (nSPS) is 11.1. The molecule has 0 radical (unpaired) electrons. The Morgan fingerprint density at radius 1 is 0.889 bits per heavy atom. The quantitative estimate of drug-likeness (QED) is 0.709. The van der Waals surface area contributed by atoms with E-state index in [1.54, 1.807) is 7.05 Å². The van der Waals surface area contributed by atoms with Crippen molar-refractivity contribution >= 4 is 11.7 Å². The summed E-state index contributed by atoms with van der Waals surface area (Å²) in [5.74, 6) is 0. The topological polar surface area (TPSA) is 52.6 Å². The lowest BCUT2D eigenvalue weighted by atomic mass is 9.86. The Morgan fingerprint density at radius 2 is 1.37 bits per heavy atom. The Bertz CT molecular complexity index is 838. The summed E-state index contributed by atoms with van der Waals surface area (Å²) in [4.78, 5) is 14.1. The SMILES string of the molecule is Cc1ccc(NC(=O)N(C)CC(O)(c2ccccc2)c2ccccc2)cc1. The highest BCUT2D eigenvalue weighted by molar-refractivity contribution is 5.89. The second kappa shape index (κ2) is 8.06. The first-order chi connectivity index (χ1) is 13.0. The second-order valence-corrected chi connectivity index (χ2v) is 6.74. The predicted octanol–water partition coefficient (Wildman–Crippen LogP) is 4.39. The van der Waals surface area contributed by atoms with Crippen molar-refractivity contribution in [3.63, 3.8) is 0 Å². The van der Waals surface area contributed by atoms with Crippen LogP contribution in [0.15, 0.2) is 84.9 Å². The third kappa shape index (κ3) is 4.36. The third-order valence-electron chi connectivity index (χ3n) is 4.62. The van der Waals surface area contributed by atoms with Gasteiger partial charge in [-0.25, -0.2) is 4.79 Å². The minimum atomic E-state index is -1.30. The molecule has 27 heavy (non-hydrogen) atoms. The molecule has 0 heterocycles. The van der Waals surface area contributed by atoms with Crippen molar-refractivity contribution < 1.29 is 9.90 Å². The van der Waals surface area contributed by atoms with Crippen molar-refractivity contribution in [1.29, 1.82) is 0 Å². The van der Waals surface area contributed by atoms with Crippen LogP contribution < -0.4 is 5.32 Å². The highest BCUT2D eigenvalue weighted by atomic mass is 16.3. The number of anilines is 1. The molecule has 2 amide bonds.